The van der Waals surface area contributed by atoms with Crippen molar-refractivity contribution in [1.82, 2.24) is 4.98 Å². The predicted molar refractivity (Wildman–Crippen MR) is 109 cm³/mol. The van der Waals surface area contributed by atoms with Gasteiger partial charge in [0.05, 0.1) is 11.6 Å². The summed E-state index contributed by atoms with van der Waals surface area (Å²) >= 11 is 0. The minimum Gasteiger partial charge on any atom is -0.481 e. The lowest BCUT2D eigenvalue weighted by atomic mass is 9.97. The van der Waals surface area contributed by atoms with Gasteiger partial charge in [0.25, 0.3) is 0 Å². The highest BCUT2D eigenvalue weighted by molar-refractivity contribution is 5.75. The average Bonchev–Trinajstić information content (AvgIpc) is 2.65. The first-order valence-electron chi connectivity index (χ1n) is 10.5. The second kappa shape index (κ2) is 15.6. The summed E-state index contributed by atoms with van der Waals surface area (Å²) in [5, 5.41) is 9.38. The number of allylic oxidation sites excluding steroid dienone is 2. The van der Waals surface area contributed by atoms with Crippen molar-refractivity contribution in [3.8, 4) is 0 Å². The first kappa shape index (κ1) is 22.4. The molecule has 0 fully saturated rings. The summed E-state index contributed by atoms with van der Waals surface area (Å²) in [5.41, 5.74) is 0.678. The highest BCUT2D eigenvalue weighted by Gasteiger charge is 2.20. The standard InChI is InChI=1S/C23H37NO2/c1-2-3-4-5-6-7-8-9-10-11-12-13-14-15-18-21(23(25)26)22-19-16-17-20-24-22/h9-10,16-17,19-21H,2-8,11-15,18H2,1H3,(H,25,26). The van der Waals surface area contributed by atoms with Gasteiger partial charge < -0.3 is 5.11 Å². The number of pyridine rings is 1. The lowest BCUT2D eigenvalue weighted by Gasteiger charge is -2.11. The molecule has 0 spiro atoms. The Labute approximate surface area is 159 Å². The van der Waals surface area contributed by atoms with E-state index in [-0.39, 0.29) is 0 Å². The number of rotatable bonds is 16. The molecule has 0 bridgehead atoms. The van der Waals surface area contributed by atoms with Gasteiger partial charge in [0.2, 0.25) is 0 Å². The maximum Gasteiger partial charge on any atom is 0.312 e. The fourth-order valence-electron chi connectivity index (χ4n) is 3.22. The van der Waals surface area contributed by atoms with Gasteiger partial charge in [-0.3, -0.25) is 9.78 Å². The summed E-state index contributed by atoms with van der Waals surface area (Å²) in [6.07, 6.45) is 22.0. The van der Waals surface area contributed by atoms with Gasteiger partial charge in [-0.15, -0.1) is 0 Å². The highest BCUT2D eigenvalue weighted by Crippen LogP contribution is 2.21. The summed E-state index contributed by atoms with van der Waals surface area (Å²) < 4.78 is 0. The van der Waals surface area contributed by atoms with Crippen LogP contribution in [0.2, 0.25) is 0 Å². The van der Waals surface area contributed by atoms with E-state index in [0.717, 1.165) is 19.3 Å². The molecular weight excluding hydrogens is 322 g/mol. The van der Waals surface area contributed by atoms with Gasteiger partial charge in [-0.1, -0.05) is 76.5 Å². The normalized spacial score (nSPS) is 12.5. The summed E-state index contributed by atoms with van der Waals surface area (Å²) in [4.78, 5) is 15.6. The van der Waals surface area contributed by atoms with E-state index >= 15 is 0 Å². The molecule has 0 radical (unpaired) electrons. The van der Waals surface area contributed by atoms with Gasteiger partial charge >= 0.3 is 5.97 Å². The van der Waals surface area contributed by atoms with Gasteiger partial charge in [-0.05, 0) is 44.2 Å². The van der Waals surface area contributed by atoms with Gasteiger partial charge in [0, 0.05) is 6.20 Å². The van der Waals surface area contributed by atoms with Crippen LogP contribution in [0.15, 0.2) is 36.5 Å². The third-order valence-electron chi connectivity index (χ3n) is 4.85. The Hall–Kier alpha value is -1.64. The van der Waals surface area contributed by atoms with Crippen LogP contribution in [0.3, 0.4) is 0 Å². The fourth-order valence-corrected chi connectivity index (χ4v) is 3.22. The molecule has 3 nitrogen and oxygen atoms in total. The molecule has 0 amide bonds. The van der Waals surface area contributed by atoms with Crippen molar-refractivity contribution >= 4 is 5.97 Å². The molecule has 26 heavy (non-hydrogen) atoms. The number of aliphatic carboxylic acids is 1. The molecule has 1 rings (SSSR count). The largest absolute Gasteiger partial charge is 0.481 e. The van der Waals surface area contributed by atoms with E-state index in [1.54, 1.807) is 6.20 Å². The van der Waals surface area contributed by atoms with Crippen molar-refractivity contribution in [2.75, 3.05) is 0 Å². The van der Waals surface area contributed by atoms with Gasteiger partial charge in [-0.2, -0.15) is 0 Å². The smallest absolute Gasteiger partial charge is 0.312 e. The Kier molecular flexibility index (Phi) is 13.4. The topological polar surface area (TPSA) is 50.2 Å². The molecule has 0 aliphatic heterocycles. The van der Waals surface area contributed by atoms with E-state index < -0.39 is 11.9 Å². The monoisotopic (exact) mass is 359 g/mol. The van der Waals surface area contributed by atoms with Crippen LogP contribution in [0.5, 0.6) is 0 Å². The summed E-state index contributed by atoms with van der Waals surface area (Å²) in [7, 11) is 0. The second-order valence-electron chi connectivity index (χ2n) is 7.16. The van der Waals surface area contributed by atoms with Crippen LogP contribution >= 0.6 is 0 Å². The number of nitrogens with zero attached hydrogens (tertiary/aromatic N) is 1. The van der Waals surface area contributed by atoms with E-state index in [9.17, 15) is 9.90 Å². The number of aromatic nitrogens is 1. The molecular formula is C23H37NO2. The summed E-state index contributed by atoms with van der Waals surface area (Å²) in [6.45, 7) is 2.26. The van der Waals surface area contributed by atoms with Crippen molar-refractivity contribution in [3.05, 3.63) is 42.2 Å². The average molecular weight is 360 g/mol. The van der Waals surface area contributed by atoms with Crippen molar-refractivity contribution < 1.29 is 9.90 Å². The Balaban J connectivity index is 2.00. The summed E-state index contributed by atoms with van der Waals surface area (Å²) in [6, 6.07) is 5.49. The number of carboxylic acid groups (broad SMARTS) is 1. The van der Waals surface area contributed by atoms with Crippen molar-refractivity contribution in [2.45, 2.75) is 96.3 Å². The zero-order valence-corrected chi connectivity index (χ0v) is 16.5. The molecule has 1 aromatic heterocycles. The molecule has 1 aromatic rings. The van der Waals surface area contributed by atoms with Crippen LogP contribution in [-0.4, -0.2) is 16.1 Å². The number of unbranched alkanes of at least 4 members (excludes halogenated alkanes) is 10. The number of hydrogen-bond donors (Lipinski definition) is 1. The van der Waals surface area contributed by atoms with E-state index in [1.165, 1.54) is 57.8 Å². The van der Waals surface area contributed by atoms with Gasteiger partial charge in [0.15, 0.2) is 0 Å². The molecule has 0 saturated carbocycles. The zero-order chi connectivity index (χ0) is 18.9. The molecule has 146 valence electrons. The number of carboxylic acids is 1. The van der Waals surface area contributed by atoms with E-state index in [4.69, 9.17) is 0 Å². The maximum absolute atomic E-state index is 11.4. The highest BCUT2D eigenvalue weighted by atomic mass is 16.4. The fraction of sp³-hybridized carbons (Fsp3) is 0.652. The third kappa shape index (κ3) is 11.1. The maximum atomic E-state index is 11.4. The molecule has 1 heterocycles. The minimum atomic E-state index is -0.763. The van der Waals surface area contributed by atoms with Crippen LogP contribution in [-0.2, 0) is 4.79 Å². The minimum absolute atomic E-state index is 0.464. The van der Waals surface area contributed by atoms with Crippen LogP contribution in [0.1, 0.15) is 102 Å². The molecule has 0 saturated heterocycles. The molecule has 1 unspecified atom stereocenters. The van der Waals surface area contributed by atoms with Gasteiger partial charge in [0.1, 0.15) is 0 Å². The Bertz CT molecular complexity index is 484. The lowest BCUT2D eigenvalue weighted by molar-refractivity contribution is -0.139. The van der Waals surface area contributed by atoms with Gasteiger partial charge in [-0.25, -0.2) is 0 Å². The third-order valence-corrected chi connectivity index (χ3v) is 4.85. The van der Waals surface area contributed by atoms with Crippen LogP contribution in [0.25, 0.3) is 0 Å². The van der Waals surface area contributed by atoms with Crippen LogP contribution in [0, 0.1) is 0 Å². The van der Waals surface area contributed by atoms with Crippen LogP contribution in [0.4, 0.5) is 0 Å². The molecule has 0 aliphatic carbocycles. The van der Waals surface area contributed by atoms with E-state index in [0.29, 0.717) is 12.1 Å². The van der Waals surface area contributed by atoms with Crippen molar-refractivity contribution in [3.63, 3.8) is 0 Å². The summed E-state index contributed by atoms with van der Waals surface area (Å²) in [5.74, 6) is -1.23. The molecule has 1 atom stereocenters. The van der Waals surface area contributed by atoms with Crippen molar-refractivity contribution in [1.29, 1.82) is 0 Å². The molecule has 1 N–H and O–H groups in total. The van der Waals surface area contributed by atoms with Crippen molar-refractivity contribution in [2.24, 2.45) is 0 Å². The molecule has 3 heteroatoms. The first-order valence-corrected chi connectivity index (χ1v) is 10.5. The number of hydrogen-bond acceptors (Lipinski definition) is 2. The lowest BCUT2D eigenvalue weighted by Crippen LogP contribution is -2.12. The van der Waals surface area contributed by atoms with E-state index in [2.05, 4.69) is 24.1 Å². The molecule has 0 aromatic carbocycles. The Morgan fingerprint density at radius 2 is 1.58 bits per heavy atom. The predicted octanol–water partition coefficient (Wildman–Crippen LogP) is 6.90. The molecule has 0 aliphatic rings. The van der Waals surface area contributed by atoms with Crippen LogP contribution < -0.4 is 0 Å². The Morgan fingerprint density at radius 3 is 2.15 bits per heavy atom. The number of carbonyl (C=O) groups is 1. The van der Waals surface area contributed by atoms with E-state index in [1.807, 2.05) is 18.2 Å². The quantitative estimate of drug-likeness (QED) is 0.258. The zero-order valence-electron chi connectivity index (χ0n) is 16.5. The second-order valence-corrected chi connectivity index (χ2v) is 7.16. The first-order chi connectivity index (χ1) is 12.8. The SMILES string of the molecule is CCCCCCCCC=CCCCCCCC(C(=O)O)c1ccccn1. The Morgan fingerprint density at radius 1 is 0.962 bits per heavy atom.